The summed E-state index contributed by atoms with van der Waals surface area (Å²) < 4.78 is 4.92. The molecule has 2 N–H and O–H groups in total. The number of benzene rings is 1. The minimum Gasteiger partial charge on any atom is -0.383 e. The lowest BCUT2D eigenvalue weighted by Crippen LogP contribution is -2.38. The van der Waals surface area contributed by atoms with E-state index in [0.29, 0.717) is 24.4 Å². The highest BCUT2D eigenvalue weighted by Gasteiger charge is 2.21. The lowest BCUT2D eigenvalue weighted by Gasteiger charge is -2.27. The van der Waals surface area contributed by atoms with Crippen LogP contribution in [0.2, 0.25) is 0 Å². The quantitative estimate of drug-likeness (QED) is 0.698. The summed E-state index contributed by atoms with van der Waals surface area (Å²) in [4.78, 5) is 26.6. The molecule has 1 heterocycles. The second-order valence-corrected chi connectivity index (χ2v) is 6.83. The molecular weight excluding hydrogens is 362 g/mol. The van der Waals surface area contributed by atoms with Gasteiger partial charge in [-0.25, -0.2) is 0 Å². The van der Waals surface area contributed by atoms with Gasteiger partial charge in [0.05, 0.1) is 13.2 Å². The summed E-state index contributed by atoms with van der Waals surface area (Å²) in [6.07, 6.45) is 0. The normalized spacial score (nSPS) is 13.9. The molecule has 0 aromatic heterocycles. The van der Waals surface area contributed by atoms with Crippen LogP contribution in [0.3, 0.4) is 0 Å². The summed E-state index contributed by atoms with van der Waals surface area (Å²) in [6, 6.07) is 5.46. The zero-order chi connectivity index (χ0) is 17.4. The Morgan fingerprint density at radius 3 is 2.68 bits per heavy atom. The molecule has 0 radical (unpaired) electrons. The number of hydrogen-bond donors (Lipinski definition) is 2. The van der Waals surface area contributed by atoms with E-state index in [4.69, 9.17) is 4.74 Å². The van der Waals surface area contributed by atoms with Crippen molar-refractivity contribution in [3.05, 3.63) is 29.3 Å². The van der Waals surface area contributed by atoms with Crippen LogP contribution in [0, 0.1) is 6.92 Å². The standard InChI is InChI=1S/C17H25N3O3S.ClH/c1-13-14(17(22)20-7-10-24-11-8-20)4-3-5-15(13)19-16(21)12-18-6-9-23-2;/h3-5,18H,6-12H2,1-2H3,(H,19,21);1H. The molecule has 0 saturated carbocycles. The first kappa shape index (κ1) is 21.8. The van der Waals surface area contributed by atoms with Crippen LogP contribution in [0.25, 0.3) is 0 Å². The highest BCUT2D eigenvalue weighted by atomic mass is 35.5. The maximum Gasteiger partial charge on any atom is 0.254 e. The van der Waals surface area contributed by atoms with E-state index in [1.807, 2.05) is 41.8 Å². The Labute approximate surface area is 159 Å². The Kier molecular flexibility index (Phi) is 9.89. The number of nitrogens with zero attached hydrogens (tertiary/aromatic N) is 1. The number of anilines is 1. The van der Waals surface area contributed by atoms with Crippen molar-refractivity contribution in [3.8, 4) is 0 Å². The van der Waals surface area contributed by atoms with Gasteiger partial charge in [-0.05, 0) is 24.6 Å². The number of thioether (sulfide) groups is 1. The summed E-state index contributed by atoms with van der Waals surface area (Å²) in [5, 5.41) is 5.87. The van der Waals surface area contributed by atoms with Gasteiger partial charge in [0.2, 0.25) is 5.91 Å². The minimum atomic E-state index is -0.131. The molecule has 0 bridgehead atoms. The van der Waals surface area contributed by atoms with Crippen LogP contribution in [0.1, 0.15) is 15.9 Å². The van der Waals surface area contributed by atoms with E-state index in [1.54, 1.807) is 7.11 Å². The third-order valence-corrected chi connectivity index (χ3v) is 4.85. The van der Waals surface area contributed by atoms with Crippen molar-refractivity contribution in [1.29, 1.82) is 0 Å². The zero-order valence-electron chi connectivity index (χ0n) is 14.7. The monoisotopic (exact) mass is 387 g/mol. The molecule has 6 nitrogen and oxygen atoms in total. The molecule has 1 fully saturated rings. The van der Waals surface area contributed by atoms with Crippen LogP contribution in [0.5, 0.6) is 0 Å². The van der Waals surface area contributed by atoms with Gasteiger partial charge in [0.25, 0.3) is 5.91 Å². The van der Waals surface area contributed by atoms with Crippen molar-refractivity contribution >= 4 is 41.7 Å². The fourth-order valence-corrected chi connectivity index (χ4v) is 3.41. The van der Waals surface area contributed by atoms with Gasteiger partial charge < -0.3 is 20.3 Å². The first-order valence-electron chi connectivity index (χ1n) is 8.09. The molecule has 0 aliphatic carbocycles. The number of nitrogens with one attached hydrogen (secondary N) is 2. The van der Waals surface area contributed by atoms with Gasteiger partial charge in [-0.1, -0.05) is 6.07 Å². The molecule has 1 aromatic rings. The number of halogens is 1. The fraction of sp³-hybridized carbons (Fsp3) is 0.529. The molecule has 2 amide bonds. The lowest BCUT2D eigenvalue weighted by molar-refractivity contribution is -0.115. The van der Waals surface area contributed by atoms with Crippen molar-refractivity contribution in [2.75, 3.05) is 56.7 Å². The lowest BCUT2D eigenvalue weighted by atomic mass is 10.1. The topological polar surface area (TPSA) is 70.7 Å². The van der Waals surface area contributed by atoms with E-state index >= 15 is 0 Å². The first-order valence-corrected chi connectivity index (χ1v) is 9.25. The predicted molar refractivity (Wildman–Crippen MR) is 105 cm³/mol. The molecular formula is C17H26ClN3O3S. The van der Waals surface area contributed by atoms with Crippen LogP contribution in [0.4, 0.5) is 5.69 Å². The number of rotatable bonds is 7. The molecule has 1 saturated heterocycles. The highest BCUT2D eigenvalue weighted by Crippen LogP contribution is 2.21. The van der Waals surface area contributed by atoms with Gasteiger partial charge in [-0.3, -0.25) is 9.59 Å². The molecule has 0 unspecified atom stereocenters. The fourth-order valence-electron chi connectivity index (χ4n) is 2.51. The average Bonchev–Trinajstić information content (AvgIpc) is 2.61. The number of carbonyl (C=O) groups excluding carboxylic acids is 2. The van der Waals surface area contributed by atoms with E-state index in [2.05, 4.69) is 10.6 Å². The third-order valence-electron chi connectivity index (χ3n) is 3.91. The van der Waals surface area contributed by atoms with E-state index in [0.717, 1.165) is 30.2 Å². The van der Waals surface area contributed by atoms with Gasteiger partial charge in [0, 0.05) is 49.5 Å². The summed E-state index contributed by atoms with van der Waals surface area (Å²) in [6.45, 7) is 4.83. The average molecular weight is 388 g/mol. The van der Waals surface area contributed by atoms with Crippen LogP contribution < -0.4 is 10.6 Å². The Morgan fingerprint density at radius 1 is 1.28 bits per heavy atom. The highest BCUT2D eigenvalue weighted by molar-refractivity contribution is 7.99. The first-order chi connectivity index (χ1) is 11.6. The van der Waals surface area contributed by atoms with Crippen LogP contribution in [-0.2, 0) is 9.53 Å². The summed E-state index contributed by atoms with van der Waals surface area (Å²) in [7, 11) is 1.62. The molecule has 0 spiro atoms. The Bertz CT molecular complexity index is 580. The van der Waals surface area contributed by atoms with Crippen molar-refractivity contribution in [1.82, 2.24) is 10.2 Å². The van der Waals surface area contributed by atoms with Gasteiger partial charge >= 0.3 is 0 Å². The molecule has 8 heteroatoms. The Balaban J connectivity index is 0.00000312. The van der Waals surface area contributed by atoms with Gasteiger partial charge in [0.15, 0.2) is 0 Å². The zero-order valence-corrected chi connectivity index (χ0v) is 16.3. The van der Waals surface area contributed by atoms with Gasteiger partial charge in [0.1, 0.15) is 0 Å². The van der Waals surface area contributed by atoms with E-state index in [-0.39, 0.29) is 30.8 Å². The second-order valence-electron chi connectivity index (χ2n) is 5.60. The van der Waals surface area contributed by atoms with Gasteiger partial charge in [-0.2, -0.15) is 11.8 Å². The Morgan fingerprint density at radius 2 is 2.00 bits per heavy atom. The largest absolute Gasteiger partial charge is 0.383 e. The maximum absolute atomic E-state index is 12.7. The number of amides is 2. The minimum absolute atomic E-state index is 0. The van der Waals surface area contributed by atoms with Crippen molar-refractivity contribution in [3.63, 3.8) is 0 Å². The molecule has 0 atom stereocenters. The predicted octanol–water partition coefficient (Wildman–Crippen LogP) is 1.78. The summed E-state index contributed by atoms with van der Waals surface area (Å²) in [5.74, 6) is 1.87. The van der Waals surface area contributed by atoms with E-state index < -0.39 is 0 Å². The molecule has 140 valence electrons. The summed E-state index contributed by atoms with van der Waals surface area (Å²) in [5.41, 5.74) is 2.16. The number of ether oxygens (including phenoxy) is 1. The molecule has 2 rings (SSSR count). The SMILES string of the molecule is COCCNCC(=O)Nc1cccc(C(=O)N2CCSCC2)c1C.Cl. The van der Waals surface area contributed by atoms with Crippen LogP contribution in [0.15, 0.2) is 18.2 Å². The van der Waals surface area contributed by atoms with E-state index in [9.17, 15) is 9.59 Å². The smallest absolute Gasteiger partial charge is 0.254 e. The number of carbonyl (C=O) groups is 2. The summed E-state index contributed by atoms with van der Waals surface area (Å²) >= 11 is 1.87. The number of hydrogen-bond acceptors (Lipinski definition) is 5. The van der Waals surface area contributed by atoms with Crippen molar-refractivity contribution < 1.29 is 14.3 Å². The molecule has 25 heavy (non-hydrogen) atoms. The molecule has 1 aliphatic heterocycles. The van der Waals surface area contributed by atoms with Crippen LogP contribution >= 0.6 is 24.2 Å². The van der Waals surface area contributed by atoms with Crippen LogP contribution in [-0.4, -0.2) is 68.1 Å². The third kappa shape index (κ3) is 6.51. The maximum atomic E-state index is 12.7. The Hall–Kier alpha value is -1.28. The van der Waals surface area contributed by atoms with Crippen molar-refractivity contribution in [2.45, 2.75) is 6.92 Å². The van der Waals surface area contributed by atoms with Gasteiger partial charge in [-0.15, -0.1) is 12.4 Å². The van der Waals surface area contributed by atoms with Crippen molar-refractivity contribution in [2.24, 2.45) is 0 Å². The van der Waals surface area contributed by atoms with E-state index in [1.165, 1.54) is 0 Å². The number of methoxy groups -OCH3 is 1. The molecule has 1 aromatic carbocycles. The second kappa shape index (κ2) is 11.4. The molecule has 1 aliphatic rings.